The Morgan fingerprint density at radius 1 is 1.12 bits per heavy atom. The van der Waals surface area contributed by atoms with Gasteiger partial charge in [0, 0.05) is 25.5 Å². The zero-order valence-corrected chi connectivity index (χ0v) is 13.6. The number of aromatic nitrogens is 1. The van der Waals surface area contributed by atoms with Gasteiger partial charge in [0.2, 0.25) is 5.91 Å². The van der Waals surface area contributed by atoms with Crippen LogP contribution in [0.4, 0.5) is 0 Å². The minimum Gasteiger partial charge on any atom is -0.497 e. The molecule has 0 unspecified atom stereocenters. The van der Waals surface area contributed by atoms with Crippen LogP contribution in [-0.4, -0.2) is 37.0 Å². The van der Waals surface area contributed by atoms with Crippen LogP contribution < -0.4 is 15.4 Å². The Kier molecular flexibility index (Phi) is 6.76. The highest BCUT2D eigenvalue weighted by Gasteiger charge is 2.05. The molecule has 0 bridgehead atoms. The van der Waals surface area contributed by atoms with E-state index in [0.29, 0.717) is 31.5 Å². The Hall–Kier alpha value is -2.89. The summed E-state index contributed by atoms with van der Waals surface area (Å²) >= 11 is 0. The maximum atomic E-state index is 11.9. The normalized spacial score (nSPS) is 10.0. The third-order valence-corrected chi connectivity index (χ3v) is 3.38. The summed E-state index contributed by atoms with van der Waals surface area (Å²) in [5.41, 5.74) is 1.43. The molecule has 2 rings (SSSR count). The minimum atomic E-state index is -0.161. The SMILES string of the molecule is COc1cccc(CC(=O)NCCCNC(=O)c2cccnc2)c1. The minimum absolute atomic E-state index is 0.0539. The Balaban J connectivity index is 1.63. The molecular formula is C18H21N3O3. The molecule has 0 saturated heterocycles. The van der Waals surface area contributed by atoms with E-state index in [4.69, 9.17) is 4.74 Å². The van der Waals surface area contributed by atoms with E-state index < -0.39 is 0 Å². The Morgan fingerprint density at radius 3 is 2.71 bits per heavy atom. The summed E-state index contributed by atoms with van der Waals surface area (Å²) in [6.07, 6.45) is 4.11. The standard InChI is InChI=1S/C18H21N3O3/c1-24-16-7-2-5-14(11-16)12-17(22)20-9-4-10-21-18(23)15-6-3-8-19-13-15/h2-3,5-8,11,13H,4,9-10,12H2,1H3,(H,20,22)(H,21,23). The number of hydrogen-bond acceptors (Lipinski definition) is 4. The van der Waals surface area contributed by atoms with E-state index in [1.54, 1.807) is 25.4 Å². The van der Waals surface area contributed by atoms with Crippen LogP contribution in [0.3, 0.4) is 0 Å². The summed E-state index contributed by atoms with van der Waals surface area (Å²) in [6.45, 7) is 1.00. The number of amides is 2. The lowest BCUT2D eigenvalue weighted by molar-refractivity contribution is -0.120. The number of ether oxygens (including phenoxy) is 1. The first-order chi connectivity index (χ1) is 11.7. The summed E-state index contributed by atoms with van der Waals surface area (Å²) < 4.78 is 5.13. The number of hydrogen-bond donors (Lipinski definition) is 2. The quantitative estimate of drug-likeness (QED) is 0.721. The van der Waals surface area contributed by atoms with Crippen LogP contribution in [0.15, 0.2) is 48.8 Å². The monoisotopic (exact) mass is 327 g/mol. The molecule has 0 atom stereocenters. The molecule has 1 aromatic carbocycles. The molecule has 0 saturated carbocycles. The van der Waals surface area contributed by atoms with Crippen LogP contribution in [0.5, 0.6) is 5.75 Å². The fourth-order valence-electron chi connectivity index (χ4n) is 2.15. The molecular weight excluding hydrogens is 306 g/mol. The van der Waals surface area contributed by atoms with Crippen LogP contribution in [-0.2, 0) is 11.2 Å². The van der Waals surface area contributed by atoms with Gasteiger partial charge in [0.25, 0.3) is 5.91 Å². The van der Waals surface area contributed by atoms with Crippen LogP contribution >= 0.6 is 0 Å². The molecule has 6 nitrogen and oxygen atoms in total. The number of pyridine rings is 1. The molecule has 2 aromatic rings. The van der Waals surface area contributed by atoms with E-state index in [1.165, 1.54) is 6.20 Å². The van der Waals surface area contributed by atoms with E-state index in [2.05, 4.69) is 15.6 Å². The summed E-state index contributed by atoms with van der Waals surface area (Å²) in [5.74, 6) is 0.520. The summed E-state index contributed by atoms with van der Waals surface area (Å²) in [4.78, 5) is 27.6. The van der Waals surface area contributed by atoms with Crippen LogP contribution in [0, 0.1) is 0 Å². The highest BCUT2D eigenvalue weighted by atomic mass is 16.5. The number of carbonyl (C=O) groups is 2. The van der Waals surface area contributed by atoms with Gasteiger partial charge in [-0.2, -0.15) is 0 Å². The largest absolute Gasteiger partial charge is 0.497 e. The van der Waals surface area contributed by atoms with Gasteiger partial charge in [0.15, 0.2) is 0 Å². The number of methoxy groups -OCH3 is 1. The molecule has 126 valence electrons. The molecule has 0 aliphatic carbocycles. The van der Waals surface area contributed by atoms with Crippen molar-refractivity contribution in [2.24, 2.45) is 0 Å². The third kappa shape index (κ3) is 5.72. The van der Waals surface area contributed by atoms with Gasteiger partial charge in [-0.15, -0.1) is 0 Å². The van der Waals surface area contributed by atoms with Gasteiger partial charge in [-0.25, -0.2) is 0 Å². The van der Waals surface area contributed by atoms with E-state index >= 15 is 0 Å². The van der Waals surface area contributed by atoms with E-state index in [-0.39, 0.29) is 11.8 Å². The molecule has 1 heterocycles. The van der Waals surface area contributed by atoms with Crippen molar-refractivity contribution in [2.75, 3.05) is 20.2 Å². The zero-order chi connectivity index (χ0) is 17.2. The van der Waals surface area contributed by atoms with Gasteiger partial charge < -0.3 is 15.4 Å². The maximum absolute atomic E-state index is 11.9. The predicted molar refractivity (Wildman–Crippen MR) is 90.9 cm³/mol. The van der Waals surface area contributed by atoms with Gasteiger partial charge in [0.05, 0.1) is 19.1 Å². The Bertz CT molecular complexity index is 674. The third-order valence-electron chi connectivity index (χ3n) is 3.38. The molecule has 0 spiro atoms. The highest BCUT2D eigenvalue weighted by molar-refractivity contribution is 5.93. The van der Waals surface area contributed by atoms with Crippen molar-refractivity contribution in [3.63, 3.8) is 0 Å². The zero-order valence-electron chi connectivity index (χ0n) is 13.6. The average Bonchev–Trinajstić information content (AvgIpc) is 2.62. The number of nitrogens with zero attached hydrogens (tertiary/aromatic N) is 1. The first-order valence-electron chi connectivity index (χ1n) is 7.77. The number of rotatable bonds is 8. The predicted octanol–water partition coefficient (Wildman–Crippen LogP) is 1.57. The lowest BCUT2D eigenvalue weighted by Gasteiger charge is -2.07. The molecule has 0 aliphatic rings. The van der Waals surface area contributed by atoms with Crippen molar-refractivity contribution in [1.29, 1.82) is 0 Å². The molecule has 0 aliphatic heterocycles. The summed E-state index contributed by atoms with van der Waals surface area (Å²) in [7, 11) is 1.60. The van der Waals surface area contributed by atoms with E-state index in [9.17, 15) is 9.59 Å². The lowest BCUT2D eigenvalue weighted by atomic mass is 10.1. The molecule has 24 heavy (non-hydrogen) atoms. The van der Waals surface area contributed by atoms with Crippen molar-refractivity contribution in [3.8, 4) is 5.75 Å². The average molecular weight is 327 g/mol. The van der Waals surface area contributed by atoms with E-state index in [0.717, 1.165) is 11.3 Å². The Labute approximate surface area is 141 Å². The highest BCUT2D eigenvalue weighted by Crippen LogP contribution is 2.12. The van der Waals surface area contributed by atoms with Gasteiger partial charge in [-0.3, -0.25) is 14.6 Å². The molecule has 0 radical (unpaired) electrons. The van der Waals surface area contributed by atoms with Crippen molar-refractivity contribution in [1.82, 2.24) is 15.6 Å². The van der Waals surface area contributed by atoms with Gasteiger partial charge in [-0.05, 0) is 36.2 Å². The second-order valence-corrected chi connectivity index (χ2v) is 5.23. The van der Waals surface area contributed by atoms with Crippen molar-refractivity contribution in [2.45, 2.75) is 12.8 Å². The molecule has 0 fully saturated rings. The second-order valence-electron chi connectivity index (χ2n) is 5.23. The number of nitrogens with one attached hydrogen (secondary N) is 2. The lowest BCUT2D eigenvalue weighted by Crippen LogP contribution is -2.30. The number of benzene rings is 1. The molecule has 6 heteroatoms. The topological polar surface area (TPSA) is 80.3 Å². The smallest absolute Gasteiger partial charge is 0.252 e. The first-order valence-corrected chi connectivity index (χ1v) is 7.77. The van der Waals surface area contributed by atoms with Crippen LogP contribution in [0.1, 0.15) is 22.3 Å². The van der Waals surface area contributed by atoms with Crippen molar-refractivity contribution in [3.05, 3.63) is 59.9 Å². The Morgan fingerprint density at radius 2 is 1.96 bits per heavy atom. The van der Waals surface area contributed by atoms with Crippen LogP contribution in [0.2, 0.25) is 0 Å². The van der Waals surface area contributed by atoms with E-state index in [1.807, 2.05) is 24.3 Å². The van der Waals surface area contributed by atoms with Gasteiger partial charge >= 0.3 is 0 Å². The van der Waals surface area contributed by atoms with Crippen molar-refractivity contribution >= 4 is 11.8 Å². The fraction of sp³-hybridized carbons (Fsp3) is 0.278. The second kappa shape index (κ2) is 9.29. The van der Waals surface area contributed by atoms with Crippen LogP contribution in [0.25, 0.3) is 0 Å². The number of carbonyl (C=O) groups excluding carboxylic acids is 2. The summed E-state index contributed by atoms with van der Waals surface area (Å²) in [6, 6.07) is 10.8. The maximum Gasteiger partial charge on any atom is 0.252 e. The van der Waals surface area contributed by atoms with Crippen molar-refractivity contribution < 1.29 is 14.3 Å². The molecule has 2 amide bonds. The molecule has 1 aromatic heterocycles. The molecule has 2 N–H and O–H groups in total. The van der Waals surface area contributed by atoms with Gasteiger partial charge in [-0.1, -0.05) is 12.1 Å². The fourth-order valence-corrected chi connectivity index (χ4v) is 2.15. The summed E-state index contributed by atoms with van der Waals surface area (Å²) in [5, 5.41) is 5.63. The first kappa shape index (κ1) is 17.5. The van der Waals surface area contributed by atoms with Gasteiger partial charge in [0.1, 0.15) is 5.75 Å².